The van der Waals surface area contributed by atoms with Gasteiger partial charge in [-0.05, 0) is 55.3 Å². The normalized spacial score (nSPS) is 17.9. The summed E-state index contributed by atoms with van der Waals surface area (Å²) >= 11 is 0. The largest absolute Gasteiger partial charge is 0.495 e. The molecule has 0 unspecified atom stereocenters. The van der Waals surface area contributed by atoms with Gasteiger partial charge in [-0.3, -0.25) is 4.79 Å². The monoisotopic (exact) mass is 460 g/mol. The second-order valence-corrected chi connectivity index (χ2v) is 8.97. The van der Waals surface area contributed by atoms with Crippen molar-refractivity contribution in [2.24, 2.45) is 5.92 Å². The maximum atomic E-state index is 13.7. The minimum atomic E-state index is -4.49. The first kappa shape index (κ1) is 23.0. The van der Waals surface area contributed by atoms with Crippen LogP contribution in [-0.2, 0) is 21.0 Å². The van der Waals surface area contributed by atoms with E-state index in [1.165, 1.54) is 13.2 Å². The number of carbonyl (C=O) groups is 1. The second-order valence-electron chi connectivity index (χ2n) is 7.06. The Morgan fingerprint density at radius 2 is 1.84 bits per heavy atom. The zero-order valence-corrected chi connectivity index (χ0v) is 17.3. The van der Waals surface area contributed by atoms with Crippen LogP contribution < -0.4 is 10.1 Å². The molecule has 3 rings (SSSR count). The smallest absolute Gasteiger partial charge is 0.416 e. The molecule has 1 N–H and O–H groups in total. The van der Waals surface area contributed by atoms with Gasteiger partial charge in [-0.15, -0.1) is 0 Å². The van der Waals surface area contributed by atoms with Crippen molar-refractivity contribution in [1.82, 2.24) is 4.31 Å². The summed E-state index contributed by atoms with van der Waals surface area (Å²) in [4.78, 5) is 12.3. The molecule has 1 heterocycles. The van der Waals surface area contributed by atoms with E-state index in [1.807, 2.05) is 0 Å². The molecule has 0 aliphatic carbocycles. The fourth-order valence-corrected chi connectivity index (χ4v) is 5.04. The summed E-state index contributed by atoms with van der Waals surface area (Å²) < 4.78 is 83.8. The van der Waals surface area contributed by atoms with Gasteiger partial charge in [0.2, 0.25) is 15.9 Å². The average Bonchev–Trinajstić information content (AvgIpc) is 2.73. The summed E-state index contributed by atoms with van der Waals surface area (Å²) in [6.07, 6.45) is -3.69. The van der Waals surface area contributed by atoms with Crippen molar-refractivity contribution in [2.75, 3.05) is 25.5 Å². The van der Waals surface area contributed by atoms with Crippen LogP contribution in [0.3, 0.4) is 0 Å². The van der Waals surface area contributed by atoms with E-state index in [0.717, 1.165) is 40.7 Å². The Balaban J connectivity index is 1.74. The molecule has 1 aliphatic heterocycles. The molecular weight excluding hydrogens is 440 g/mol. The molecule has 2 aromatic carbocycles. The first-order valence-corrected chi connectivity index (χ1v) is 10.8. The summed E-state index contributed by atoms with van der Waals surface area (Å²) in [6, 6.07) is 7.12. The van der Waals surface area contributed by atoms with Gasteiger partial charge in [-0.25, -0.2) is 12.8 Å². The highest BCUT2D eigenvalue weighted by Gasteiger charge is 2.35. The standard InChI is InChI=1S/C20H20F4N2O4S/c1-30-17-9-6-15(21)11-18(17)31(28,29)26-10-2-3-13(12-26)19(27)25-16-7-4-14(5-8-16)20(22,23)24/h4-9,11,13H,2-3,10,12H2,1H3,(H,25,27)/t13-/m0/s1. The lowest BCUT2D eigenvalue weighted by atomic mass is 9.98. The van der Waals surface area contributed by atoms with Crippen LogP contribution in [-0.4, -0.2) is 38.8 Å². The lowest BCUT2D eigenvalue weighted by Crippen LogP contribution is -2.43. The van der Waals surface area contributed by atoms with Crippen molar-refractivity contribution < 1.29 is 35.5 Å². The molecule has 1 amide bonds. The van der Waals surface area contributed by atoms with Crippen LogP contribution in [0.15, 0.2) is 47.4 Å². The van der Waals surface area contributed by atoms with E-state index in [0.29, 0.717) is 12.8 Å². The molecular formula is C20H20F4N2O4S. The molecule has 31 heavy (non-hydrogen) atoms. The Hall–Kier alpha value is -2.66. The number of piperidine rings is 1. The number of halogens is 4. The average molecular weight is 460 g/mol. The second kappa shape index (κ2) is 8.83. The van der Waals surface area contributed by atoms with E-state index in [9.17, 15) is 30.8 Å². The SMILES string of the molecule is COc1ccc(F)cc1S(=O)(=O)N1CCC[C@H](C(=O)Nc2ccc(C(F)(F)F)cc2)C1. The summed E-state index contributed by atoms with van der Waals surface area (Å²) in [7, 11) is -2.86. The number of rotatable bonds is 5. The summed E-state index contributed by atoms with van der Waals surface area (Å²) in [5.41, 5.74) is -0.672. The molecule has 2 aromatic rings. The predicted molar refractivity (Wildman–Crippen MR) is 105 cm³/mol. The number of amides is 1. The quantitative estimate of drug-likeness (QED) is 0.687. The van der Waals surface area contributed by atoms with Crippen molar-refractivity contribution in [3.8, 4) is 5.75 Å². The summed E-state index contributed by atoms with van der Waals surface area (Å²) in [5.74, 6) is -1.98. The number of benzene rings is 2. The number of ether oxygens (including phenoxy) is 1. The lowest BCUT2D eigenvalue weighted by Gasteiger charge is -2.31. The van der Waals surface area contributed by atoms with Gasteiger partial charge in [0, 0.05) is 18.8 Å². The minimum absolute atomic E-state index is 0.0160. The molecule has 1 atom stereocenters. The molecule has 168 valence electrons. The van der Waals surface area contributed by atoms with Crippen molar-refractivity contribution in [3.63, 3.8) is 0 Å². The Morgan fingerprint density at radius 1 is 1.16 bits per heavy atom. The number of hydrogen-bond donors (Lipinski definition) is 1. The molecule has 1 aliphatic rings. The maximum absolute atomic E-state index is 13.7. The third-order valence-corrected chi connectivity index (χ3v) is 6.86. The number of nitrogens with one attached hydrogen (secondary N) is 1. The number of sulfonamides is 1. The van der Waals surface area contributed by atoms with Gasteiger partial charge in [-0.1, -0.05) is 0 Å². The number of hydrogen-bond acceptors (Lipinski definition) is 4. The van der Waals surface area contributed by atoms with Crippen LogP contribution in [0.2, 0.25) is 0 Å². The topological polar surface area (TPSA) is 75.7 Å². The number of nitrogens with zero attached hydrogens (tertiary/aromatic N) is 1. The zero-order chi connectivity index (χ0) is 22.8. The molecule has 1 fully saturated rings. The van der Waals surface area contributed by atoms with Gasteiger partial charge in [0.15, 0.2) is 0 Å². The third kappa shape index (κ3) is 5.16. The summed E-state index contributed by atoms with van der Waals surface area (Å²) in [6.45, 7) is 0.000525. The van der Waals surface area contributed by atoms with E-state index in [2.05, 4.69) is 5.32 Å². The first-order valence-electron chi connectivity index (χ1n) is 9.34. The van der Waals surface area contributed by atoms with Crippen molar-refractivity contribution in [3.05, 3.63) is 53.8 Å². The number of anilines is 1. The Labute approximate surface area is 176 Å². The Bertz CT molecular complexity index is 1060. The van der Waals surface area contributed by atoms with Crippen molar-refractivity contribution in [2.45, 2.75) is 23.9 Å². The number of carbonyl (C=O) groups excluding carboxylic acids is 1. The number of methoxy groups -OCH3 is 1. The van der Waals surface area contributed by atoms with Crippen LogP contribution in [0.5, 0.6) is 5.75 Å². The van der Waals surface area contributed by atoms with Crippen LogP contribution >= 0.6 is 0 Å². The van der Waals surface area contributed by atoms with Gasteiger partial charge >= 0.3 is 6.18 Å². The molecule has 1 saturated heterocycles. The highest BCUT2D eigenvalue weighted by molar-refractivity contribution is 7.89. The Morgan fingerprint density at radius 3 is 2.45 bits per heavy atom. The molecule has 0 aromatic heterocycles. The van der Waals surface area contributed by atoms with Crippen LogP contribution in [0.1, 0.15) is 18.4 Å². The fourth-order valence-electron chi connectivity index (χ4n) is 3.35. The first-order chi connectivity index (χ1) is 14.5. The van der Waals surface area contributed by atoms with Crippen molar-refractivity contribution >= 4 is 21.6 Å². The molecule has 11 heteroatoms. The van der Waals surface area contributed by atoms with Gasteiger partial charge in [0.1, 0.15) is 16.5 Å². The van der Waals surface area contributed by atoms with Crippen LogP contribution in [0.4, 0.5) is 23.2 Å². The highest BCUT2D eigenvalue weighted by atomic mass is 32.2. The Kier molecular flexibility index (Phi) is 6.56. The number of alkyl halides is 3. The summed E-state index contributed by atoms with van der Waals surface area (Å²) in [5, 5.41) is 2.52. The van der Waals surface area contributed by atoms with Gasteiger partial charge < -0.3 is 10.1 Å². The minimum Gasteiger partial charge on any atom is -0.495 e. The lowest BCUT2D eigenvalue weighted by molar-refractivity contribution is -0.137. The molecule has 0 radical (unpaired) electrons. The van der Waals surface area contributed by atoms with E-state index < -0.39 is 39.4 Å². The highest BCUT2D eigenvalue weighted by Crippen LogP contribution is 2.32. The zero-order valence-electron chi connectivity index (χ0n) is 16.4. The van der Waals surface area contributed by atoms with Crippen molar-refractivity contribution in [1.29, 1.82) is 0 Å². The van der Waals surface area contributed by atoms with Gasteiger partial charge in [-0.2, -0.15) is 17.5 Å². The molecule has 0 bridgehead atoms. The van der Waals surface area contributed by atoms with E-state index in [1.54, 1.807) is 0 Å². The van der Waals surface area contributed by atoms with Crippen LogP contribution in [0, 0.1) is 11.7 Å². The predicted octanol–water partition coefficient (Wildman–Crippen LogP) is 3.89. The molecule has 0 spiro atoms. The van der Waals surface area contributed by atoms with Gasteiger partial charge in [0.25, 0.3) is 0 Å². The van der Waals surface area contributed by atoms with E-state index >= 15 is 0 Å². The maximum Gasteiger partial charge on any atom is 0.416 e. The fraction of sp³-hybridized carbons (Fsp3) is 0.350. The molecule has 6 nitrogen and oxygen atoms in total. The van der Waals surface area contributed by atoms with Gasteiger partial charge in [0.05, 0.1) is 18.6 Å². The molecule has 0 saturated carbocycles. The van der Waals surface area contributed by atoms with E-state index in [-0.39, 0.29) is 29.4 Å². The van der Waals surface area contributed by atoms with E-state index in [4.69, 9.17) is 4.74 Å². The van der Waals surface area contributed by atoms with Crippen LogP contribution in [0.25, 0.3) is 0 Å². The third-order valence-electron chi connectivity index (χ3n) is 4.98.